The lowest BCUT2D eigenvalue weighted by molar-refractivity contribution is -0.137. The lowest BCUT2D eigenvalue weighted by atomic mass is 10.0. The molecule has 0 spiro atoms. The van der Waals surface area contributed by atoms with Gasteiger partial charge in [-0.3, -0.25) is 4.79 Å². The van der Waals surface area contributed by atoms with Crippen molar-refractivity contribution < 1.29 is 18.0 Å². The Morgan fingerprint density at radius 1 is 1.36 bits per heavy atom. The molecular formula is C16H21F3N2O. The van der Waals surface area contributed by atoms with Crippen LogP contribution in [0.25, 0.3) is 0 Å². The molecule has 22 heavy (non-hydrogen) atoms. The van der Waals surface area contributed by atoms with Gasteiger partial charge in [0.25, 0.3) is 0 Å². The van der Waals surface area contributed by atoms with E-state index in [4.69, 9.17) is 0 Å². The second kappa shape index (κ2) is 7.13. The highest BCUT2D eigenvalue weighted by molar-refractivity contribution is 5.76. The van der Waals surface area contributed by atoms with Gasteiger partial charge in [-0.15, -0.1) is 0 Å². The van der Waals surface area contributed by atoms with Crippen LogP contribution in [0.3, 0.4) is 0 Å². The first-order valence-corrected chi connectivity index (χ1v) is 7.53. The third-order valence-corrected chi connectivity index (χ3v) is 4.06. The summed E-state index contributed by atoms with van der Waals surface area (Å²) in [6, 6.07) is 4.62. The summed E-state index contributed by atoms with van der Waals surface area (Å²) in [6.45, 7) is 3.74. The fourth-order valence-corrected chi connectivity index (χ4v) is 2.65. The molecule has 0 bridgehead atoms. The van der Waals surface area contributed by atoms with Crippen LogP contribution in [0.4, 0.5) is 13.2 Å². The predicted octanol–water partition coefficient (Wildman–Crippen LogP) is 3.27. The van der Waals surface area contributed by atoms with Gasteiger partial charge in [-0.05, 0) is 56.5 Å². The van der Waals surface area contributed by atoms with Crippen molar-refractivity contribution in [3.8, 4) is 0 Å². The van der Waals surface area contributed by atoms with Gasteiger partial charge >= 0.3 is 6.18 Å². The topological polar surface area (TPSA) is 41.1 Å². The number of carbonyl (C=O) groups is 1. The monoisotopic (exact) mass is 314 g/mol. The summed E-state index contributed by atoms with van der Waals surface area (Å²) in [6.07, 6.45) is -1.93. The van der Waals surface area contributed by atoms with Crippen molar-refractivity contribution in [3.05, 3.63) is 35.4 Å². The van der Waals surface area contributed by atoms with Crippen LogP contribution in [0.2, 0.25) is 0 Å². The van der Waals surface area contributed by atoms with Gasteiger partial charge in [0, 0.05) is 6.42 Å². The van der Waals surface area contributed by atoms with E-state index in [9.17, 15) is 18.0 Å². The van der Waals surface area contributed by atoms with Crippen molar-refractivity contribution in [3.63, 3.8) is 0 Å². The van der Waals surface area contributed by atoms with Gasteiger partial charge in [0.1, 0.15) is 0 Å². The number of hydrogen-bond acceptors (Lipinski definition) is 2. The fourth-order valence-electron chi connectivity index (χ4n) is 2.65. The molecule has 2 rings (SSSR count). The molecule has 2 N–H and O–H groups in total. The molecule has 0 radical (unpaired) electrons. The molecule has 0 aromatic heterocycles. The Bertz CT molecular complexity index is 493. The molecule has 2 unspecified atom stereocenters. The Hall–Kier alpha value is -1.56. The first-order valence-electron chi connectivity index (χ1n) is 7.53. The van der Waals surface area contributed by atoms with Crippen molar-refractivity contribution in [2.75, 3.05) is 13.1 Å². The second-order valence-corrected chi connectivity index (χ2v) is 5.81. The normalized spacial score (nSPS) is 19.9. The molecule has 2 atom stereocenters. The molecule has 0 saturated carbocycles. The molecule has 1 aromatic carbocycles. The largest absolute Gasteiger partial charge is 0.416 e. The molecule has 1 saturated heterocycles. The Morgan fingerprint density at radius 3 is 2.59 bits per heavy atom. The second-order valence-electron chi connectivity index (χ2n) is 5.81. The Labute approximate surface area is 128 Å². The van der Waals surface area contributed by atoms with Crippen LogP contribution in [0.1, 0.15) is 43.4 Å². The van der Waals surface area contributed by atoms with Crippen molar-refractivity contribution >= 4 is 5.91 Å². The molecule has 1 aliphatic heterocycles. The minimum atomic E-state index is -4.33. The lowest BCUT2D eigenvalue weighted by Gasteiger charge is -2.16. The predicted molar refractivity (Wildman–Crippen MR) is 78.2 cm³/mol. The molecule has 1 heterocycles. The van der Waals surface area contributed by atoms with E-state index >= 15 is 0 Å². The zero-order valence-corrected chi connectivity index (χ0v) is 12.5. The van der Waals surface area contributed by atoms with Crippen LogP contribution in [0, 0.1) is 5.92 Å². The van der Waals surface area contributed by atoms with Gasteiger partial charge in [-0.2, -0.15) is 13.2 Å². The van der Waals surface area contributed by atoms with Crippen LogP contribution >= 0.6 is 0 Å². The fraction of sp³-hybridized carbons (Fsp3) is 0.562. The first-order chi connectivity index (χ1) is 10.4. The van der Waals surface area contributed by atoms with Crippen molar-refractivity contribution in [2.45, 2.75) is 38.4 Å². The number of rotatable bonds is 5. The van der Waals surface area contributed by atoms with Crippen LogP contribution < -0.4 is 10.6 Å². The summed E-state index contributed by atoms with van der Waals surface area (Å²) < 4.78 is 37.5. The smallest absolute Gasteiger partial charge is 0.350 e. The van der Waals surface area contributed by atoms with Gasteiger partial charge in [0.05, 0.1) is 11.6 Å². The van der Waals surface area contributed by atoms with E-state index in [1.54, 1.807) is 6.92 Å². The number of amides is 1. The molecule has 1 aliphatic rings. The van der Waals surface area contributed by atoms with Gasteiger partial charge in [0.15, 0.2) is 0 Å². The number of nitrogens with one attached hydrogen (secondary N) is 2. The quantitative estimate of drug-likeness (QED) is 0.876. The van der Waals surface area contributed by atoms with E-state index in [2.05, 4.69) is 10.6 Å². The highest BCUT2D eigenvalue weighted by atomic mass is 19.4. The van der Waals surface area contributed by atoms with Crippen LogP contribution in [-0.4, -0.2) is 19.0 Å². The van der Waals surface area contributed by atoms with E-state index in [0.717, 1.165) is 38.1 Å². The lowest BCUT2D eigenvalue weighted by Crippen LogP contribution is -2.27. The van der Waals surface area contributed by atoms with Gasteiger partial charge in [-0.25, -0.2) is 0 Å². The Kier molecular flexibility index (Phi) is 5.45. The molecular weight excluding hydrogens is 293 g/mol. The van der Waals surface area contributed by atoms with E-state index < -0.39 is 11.7 Å². The third kappa shape index (κ3) is 4.73. The SMILES string of the molecule is CC(NC(=O)CCC1CCNC1)c1ccc(C(F)(F)F)cc1. The van der Waals surface area contributed by atoms with E-state index in [1.807, 2.05) is 0 Å². The van der Waals surface area contributed by atoms with Crippen molar-refractivity contribution in [1.29, 1.82) is 0 Å². The average Bonchev–Trinajstić information content (AvgIpc) is 2.97. The maximum Gasteiger partial charge on any atom is 0.416 e. The molecule has 1 fully saturated rings. The standard InChI is InChI=1S/C16H21F3N2O/c1-11(13-3-5-14(6-4-13)16(17,18)19)21-15(22)7-2-12-8-9-20-10-12/h3-6,11-12,20H,2,7-10H2,1H3,(H,21,22). The summed E-state index contributed by atoms with van der Waals surface area (Å²) >= 11 is 0. The highest BCUT2D eigenvalue weighted by Crippen LogP contribution is 2.29. The zero-order valence-electron chi connectivity index (χ0n) is 12.5. The summed E-state index contributed by atoms with van der Waals surface area (Å²) in [5, 5.41) is 6.09. The van der Waals surface area contributed by atoms with E-state index in [-0.39, 0.29) is 11.9 Å². The minimum absolute atomic E-state index is 0.0562. The molecule has 3 nitrogen and oxygen atoms in total. The van der Waals surface area contributed by atoms with Gasteiger partial charge in [-0.1, -0.05) is 12.1 Å². The molecule has 122 valence electrons. The number of carbonyl (C=O) groups excluding carboxylic acids is 1. The number of benzene rings is 1. The maximum absolute atomic E-state index is 12.5. The Morgan fingerprint density at radius 2 is 2.05 bits per heavy atom. The minimum Gasteiger partial charge on any atom is -0.350 e. The molecule has 1 aromatic rings. The average molecular weight is 314 g/mol. The Balaban J connectivity index is 1.83. The zero-order chi connectivity index (χ0) is 16.2. The van der Waals surface area contributed by atoms with Gasteiger partial charge in [0.2, 0.25) is 5.91 Å². The van der Waals surface area contributed by atoms with E-state index in [1.165, 1.54) is 12.1 Å². The number of alkyl halides is 3. The maximum atomic E-state index is 12.5. The molecule has 1 amide bonds. The van der Waals surface area contributed by atoms with Gasteiger partial charge < -0.3 is 10.6 Å². The van der Waals surface area contributed by atoms with Crippen molar-refractivity contribution in [2.24, 2.45) is 5.92 Å². The summed E-state index contributed by atoms with van der Waals surface area (Å²) in [4.78, 5) is 11.9. The third-order valence-electron chi connectivity index (χ3n) is 4.06. The summed E-state index contributed by atoms with van der Waals surface area (Å²) in [5.74, 6) is 0.492. The highest BCUT2D eigenvalue weighted by Gasteiger charge is 2.30. The molecule has 0 aliphatic carbocycles. The van der Waals surface area contributed by atoms with Crippen LogP contribution in [0.15, 0.2) is 24.3 Å². The van der Waals surface area contributed by atoms with E-state index in [0.29, 0.717) is 17.9 Å². The number of halogens is 3. The summed E-state index contributed by atoms with van der Waals surface area (Å²) in [5.41, 5.74) is -0.00704. The molecule has 6 heteroatoms. The first kappa shape index (κ1) is 16.8. The van der Waals surface area contributed by atoms with Crippen LogP contribution in [-0.2, 0) is 11.0 Å². The summed E-state index contributed by atoms with van der Waals surface area (Å²) in [7, 11) is 0. The number of hydrogen-bond donors (Lipinski definition) is 2. The van der Waals surface area contributed by atoms with Crippen LogP contribution in [0.5, 0.6) is 0 Å². The van der Waals surface area contributed by atoms with Crippen molar-refractivity contribution in [1.82, 2.24) is 10.6 Å².